The maximum absolute atomic E-state index is 5.33. The predicted octanol–water partition coefficient (Wildman–Crippen LogP) is 12.8. The largest absolute Gasteiger partial charge is 0.248 e. The van der Waals surface area contributed by atoms with Crippen molar-refractivity contribution in [3.8, 4) is 22.5 Å². The van der Waals surface area contributed by atoms with Gasteiger partial charge in [0.15, 0.2) is 0 Å². The molecule has 0 unspecified atom stereocenters. The molecule has 0 aliphatic rings. The molecule has 0 amide bonds. The Bertz CT molecular complexity index is 2460. The molecule has 1 nitrogen and oxygen atoms in total. The third-order valence-corrected chi connectivity index (χ3v) is 9.31. The Balaban J connectivity index is 1.36. The molecule has 232 valence electrons. The molecule has 8 aromatic rings. The number of benzene rings is 7. The van der Waals surface area contributed by atoms with Gasteiger partial charge in [0.25, 0.3) is 0 Å². The third kappa shape index (κ3) is 5.99. The van der Waals surface area contributed by atoms with E-state index in [-0.39, 0.29) is 0 Å². The van der Waals surface area contributed by atoms with Crippen LogP contribution in [0.2, 0.25) is 0 Å². The Morgan fingerprint density at radius 3 is 1.80 bits per heavy atom. The van der Waals surface area contributed by atoms with Gasteiger partial charge in [-0.25, -0.2) is 4.98 Å². The van der Waals surface area contributed by atoms with E-state index in [1.54, 1.807) is 0 Å². The number of hydrogen-bond donors (Lipinski definition) is 0. The van der Waals surface area contributed by atoms with Gasteiger partial charge in [0.05, 0.1) is 11.4 Å². The normalized spacial score (nSPS) is 12.1. The van der Waals surface area contributed by atoms with Crippen molar-refractivity contribution < 1.29 is 0 Å². The van der Waals surface area contributed by atoms with Crippen LogP contribution < -0.4 is 0 Å². The van der Waals surface area contributed by atoms with Crippen LogP contribution in [0.5, 0.6) is 0 Å². The van der Waals surface area contributed by atoms with E-state index in [1.165, 1.54) is 49.0 Å². The first-order chi connectivity index (χ1) is 24.3. The molecular weight excluding hydrogens is 591 g/mol. The first-order valence-electron chi connectivity index (χ1n) is 16.8. The molecule has 0 saturated heterocycles. The lowest BCUT2D eigenvalue weighted by atomic mass is 9.85. The zero-order valence-electron chi connectivity index (χ0n) is 27.3. The molecule has 7 aromatic carbocycles. The molecule has 0 atom stereocenters. The van der Waals surface area contributed by atoms with Crippen molar-refractivity contribution in [1.82, 2.24) is 4.98 Å². The van der Waals surface area contributed by atoms with E-state index in [0.29, 0.717) is 0 Å². The molecule has 0 spiro atoms. The van der Waals surface area contributed by atoms with Crippen LogP contribution in [0.1, 0.15) is 16.7 Å². The summed E-state index contributed by atoms with van der Waals surface area (Å²) in [4.78, 5) is 5.33. The van der Waals surface area contributed by atoms with Crippen molar-refractivity contribution in [2.24, 2.45) is 0 Å². The first kappa shape index (κ1) is 30.1. The summed E-state index contributed by atoms with van der Waals surface area (Å²) in [7, 11) is 0. The first-order valence-corrected chi connectivity index (χ1v) is 16.8. The Hall–Kier alpha value is -6.31. The summed E-state index contributed by atoms with van der Waals surface area (Å²) < 4.78 is 0. The van der Waals surface area contributed by atoms with E-state index in [9.17, 15) is 0 Å². The fraction of sp³-hybridized carbons (Fsp3) is 0.0208. The summed E-state index contributed by atoms with van der Waals surface area (Å²) >= 11 is 0. The standard InChI is InChI=1S/C48H35N/c1-2-35(36-18-7-4-8-19-36)32-40(29-28-34-16-5-3-6-17-34)47-41-22-11-13-24-43(41)48(44-25-14-12-23-42(44)47)46-27-15-26-45(49-46)39-31-30-37-20-9-10-21-38(37)33-39/h2-27,29-33H,1,28H2/b35-32+,40-29+. The lowest BCUT2D eigenvalue weighted by Gasteiger charge is -2.19. The zero-order valence-corrected chi connectivity index (χ0v) is 27.3. The number of rotatable bonds is 8. The van der Waals surface area contributed by atoms with Gasteiger partial charge < -0.3 is 0 Å². The zero-order chi connectivity index (χ0) is 33.0. The van der Waals surface area contributed by atoms with Crippen molar-refractivity contribution in [2.45, 2.75) is 6.42 Å². The van der Waals surface area contributed by atoms with Gasteiger partial charge in [0, 0.05) is 11.1 Å². The predicted molar refractivity (Wildman–Crippen MR) is 210 cm³/mol. The quantitative estimate of drug-likeness (QED) is 0.121. The van der Waals surface area contributed by atoms with Crippen LogP contribution in [0.15, 0.2) is 195 Å². The van der Waals surface area contributed by atoms with Crippen molar-refractivity contribution >= 4 is 43.5 Å². The summed E-state index contributed by atoms with van der Waals surface area (Å²) in [6.45, 7) is 4.23. The van der Waals surface area contributed by atoms with Crippen LogP contribution in [0.4, 0.5) is 0 Å². The number of allylic oxidation sites excluding steroid dienone is 5. The highest BCUT2D eigenvalue weighted by atomic mass is 14.7. The minimum absolute atomic E-state index is 0.811. The maximum Gasteiger partial charge on any atom is 0.0722 e. The molecule has 1 heterocycles. The SMILES string of the molecule is C=C/C(=C\C(=C/Cc1ccccc1)c1c2ccccc2c(-c2cccc(-c3ccc4ccccc4c3)n2)c2ccccc12)c1ccccc1. The molecular formula is C48H35N. The summed E-state index contributed by atoms with van der Waals surface area (Å²) in [6, 6.07) is 60.2. The molecule has 0 radical (unpaired) electrons. The fourth-order valence-corrected chi connectivity index (χ4v) is 6.93. The monoisotopic (exact) mass is 625 g/mol. The molecule has 49 heavy (non-hydrogen) atoms. The van der Waals surface area contributed by atoms with E-state index >= 15 is 0 Å². The van der Waals surface area contributed by atoms with E-state index in [0.717, 1.165) is 40.1 Å². The number of fused-ring (bicyclic) bond motifs is 3. The smallest absolute Gasteiger partial charge is 0.0722 e. The summed E-state index contributed by atoms with van der Waals surface area (Å²) in [6.07, 6.45) is 7.45. The number of hydrogen-bond acceptors (Lipinski definition) is 1. The van der Waals surface area contributed by atoms with E-state index < -0.39 is 0 Å². The minimum Gasteiger partial charge on any atom is -0.248 e. The van der Waals surface area contributed by atoms with E-state index in [4.69, 9.17) is 4.98 Å². The van der Waals surface area contributed by atoms with Crippen LogP contribution in [-0.2, 0) is 6.42 Å². The van der Waals surface area contributed by atoms with Crippen LogP contribution >= 0.6 is 0 Å². The Morgan fingerprint density at radius 1 is 0.510 bits per heavy atom. The molecule has 0 aliphatic heterocycles. The lowest BCUT2D eigenvalue weighted by molar-refractivity contribution is 1.27. The third-order valence-electron chi connectivity index (χ3n) is 9.31. The van der Waals surface area contributed by atoms with Crippen LogP contribution in [0.25, 0.3) is 66.0 Å². The Labute approximate surface area is 287 Å². The highest BCUT2D eigenvalue weighted by Gasteiger charge is 2.18. The van der Waals surface area contributed by atoms with Crippen molar-refractivity contribution in [1.29, 1.82) is 0 Å². The maximum atomic E-state index is 5.33. The Morgan fingerprint density at radius 2 is 1.10 bits per heavy atom. The molecule has 0 saturated carbocycles. The van der Waals surface area contributed by atoms with Crippen molar-refractivity contribution in [3.05, 3.63) is 211 Å². The van der Waals surface area contributed by atoms with Gasteiger partial charge in [-0.15, -0.1) is 0 Å². The van der Waals surface area contributed by atoms with Gasteiger partial charge in [0.1, 0.15) is 0 Å². The second kappa shape index (κ2) is 13.4. The lowest BCUT2D eigenvalue weighted by Crippen LogP contribution is -1.96. The Kier molecular flexibility index (Phi) is 8.24. The van der Waals surface area contributed by atoms with E-state index in [1.807, 2.05) is 6.08 Å². The average molecular weight is 626 g/mol. The van der Waals surface area contributed by atoms with Crippen LogP contribution in [0, 0.1) is 0 Å². The second-order valence-corrected chi connectivity index (χ2v) is 12.3. The number of aromatic nitrogens is 1. The molecule has 0 fully saturated rings. The van der Waals surface area contributed by atoms with Crippen LogP contribution in [0.3, 0.4) is 0 Å². The van der Waals surface area contributed by atoms with Crippen molar-refractivity contribution in [3.63, 3.8) is 0 Å². The number of nitrogens with zero attached hydrogens (tertiary/aromatic N) is 1. The molecule has 1 aromatic heterocycles. The van der Waals surface area contributed by atoms with Crippen LogP contribution in [-0.4, -0.2) is 4.98 Å². The summed E-state index contributed by atoms with van der Waals surface area (Å²) in [5, 5.41) is 7.19. The molecule has 0 N–H and O–H groups in total. The second-order valence-electron chi connectivity index (χ2n) is 12.3. The topological polar surface area (TPSA) is 12.9 Å². The van der Waals surface area contributed by atoms with Gasteiger partial charge in [0.2, 0.25) is 0 Å². The van der Waals surface area contributed by atoms with E-state index in [2.05, 4.69) is 189 Å². The molecule has 8 rings (SSSR count). The molecule has 0 aliphatic carbocycles. The average Bonchev–Trinajstić information content (AvgIpc) is 3.18. The van der Waals surface area contributed by atoms with Gasteiger partial charge >= 0.3 is 0 Å². The highest BCUT2D eigenvalue weighted by molar-refractivity contribution is 6.19. The van der Waals surface area contributed by atoms with Gasteiger partial charge in [-0.2, -0.15) is 0 Å². The number of pyridine rings is 1. The highest BCUT2D eigenvalue weighted by Crippen LogP contribution is 2.42. The van der Waals surface area contributed by atoms with Crippen molar-refractivity contribution in [2.75, 3.05) is 0 Å². The molecule has 1 heteroatoms. The van der Waals surface area contributed by atoms with Gasteiger partial charge in [-0.3, -0.25) is 0 Å². The summed E-state index contributed by atoms with van der Waals surface area (Å²) in [5.74, 6) is 0. The van der Waals surface area contributed by atoms with Gasteiger partial charge in [-0.05, 0) is 90.8 Å². The summed E-state index contributed by atoms with van der Waals surface area (Å²) in [5.41, 5.74) is 10.1. The van der Waals surface area contributed by atoms with Gasteiger partial charge in [-0.1, -0.05) is 170 Å². The molecule has 0 bridgehead atoms. The minimum atomic E-state index is 0.811. The fourth-order valence-electron chi connectivity index (χ4n) is 6.93.